The zero-order valence-electron chi connectivity index (χ0n) is 16.0. The first-order valence-corrected chi connectivity index (χ1v) is 10.1. The van der Waals surface area contributed by atoms with Crippen molar-refractivity contribution < 1.29 is 9.59 Å². The van der Waals surface area contributed by atoms with Gasteiger partial charge in [0.1, 0.15) is 0 Å². The van der Waals surface area contributed by atoms with Crippen LogP contribution in [0.25, 0.3) is 11.0 Å². The van der Waals surface area contributed by atoms with Crippen molar-refractivity contribution >= 4 is 28.5 Å². The molecule has 0 radical (unpaired) electrons. The minimum atomic E-state index is -0.217. The van der Waals surface area contributed by atoms with Crippen LogP contribution >= 0.6 is 0 Å². The fourth-order valence-corrected chi connectivity index (χ4v) is 4.47. The average Bonchev–Trinajstić information content (AvgIpc) is 3.29. The Bertz CT molecular complexity index is 1060. The summed E-state index contributed by atoms with van der Waals surface area (Å²) in [6.07, 6.45) is 4.72. The molecule has 0 spiro atoms. The molecular weight excluding hydrogens is 366 g/mol. The number of anilines is 1. The monoisotopic (exact) mass is 389 g/mol. The van der Waals surface area contributed by atoms with Gasteiger partial charge in [0.15, 0.2) is 0 Å². The molecule has 7 heteroatoms. The lowest BCUT2D eigenvalue weighted by Gasteiger charge is -2.28. The van der Waals surface area contributed by atoms with Crippen molar-refractivity contribution in [3.63, 3.8) is 0 Å². The number of nitrogens with zero attached hydrogens (tertiary/aromatic N) is 2. The summed E-state index contributed by atoms with van der Waals surface area (Å²) in [7, 11) is 0. The summed E-state index contributed by atoms with van der Waals surface area (Å²) in [5, 5.41) is 6.33. The van der Waals surface area contributed by atoms with Crippen LogP contribution in [0, 0.1) is 0 Å². The largest absolute Gasteiger partial charge is 0.345 e. The molecule has 29 heavy (non-hydrogen) atoms. The van der Waals surface area contributed by atoms with Crippen LogP contribution < -0.4 is 10.6 Å². The third kappa shape index (κ3) is 3.38. The molecule has 0 saturated carbocycles. The predicted molar refractivity (Wildman–Crippen MR) is 111 cm³/mol. The quantitative estimate of drug-likeness (QED) is 0.643. The van der Waals surface area contributed by atoms with E-state index in [0.717, 1.165) is 43.4 Å². The van der Waals surface area contributed by atoms with E-state index in [9.17, 15) is 9.59 Å². The Morgan fingerprint density at radius 3 is 2.86 bits per heavy atom. The van der Waals surface area contributed by atoms with E-state index >= 15 is 0 Å². The topological polar surface area (TPSA) is 90.1 Å². The lowest BCUT2D eigenvalue weighted by atomic mass is 10.1. The Labute approximate surface area is 168 Å². The summed E-state index contributed by atoms with van der Waals surface area (Å²) in [5.41, 5.74) is 3.40. The van der Waals surface area contributed by atoms with E-state index in [1.54, 1.807) is 24.5 Å². The number of aromatic nitrogens is 2. The van der Waals surface area contributed by atoms with Crippen LogP contribution in [0.3, 0.4) is 0 Å². The van der Waals surface area contributed by atoms with E-state index in [1.165, 1.54) is 0 Å². The zero-order valence-corrected chi connectivity index (χ0v) is 16.0. The highest BCUT2D eigenvalue weighted by Gasteiger charge is 2.38. The number of fused-ring (bicyclic) bond motifs is 3. The Kier molecular flexibility index (Phi) is 4.52. The standard InChI is InChI=1S/C22H23N5O2/c28-21(14-4-7-19-20(11-14)25-13-24-19)26-16-3-1-2-15(10-16)22(29)27-17-5-6-18(27)12-23-9-8-17/h1-4,7,10-11,13,17-18,23H,5-6,8-9,12H2,(H,24,25)(H,26,28). The molecule has 0 aliphatic carbocycles. The molecule has 2 unspecified atom stereocenters. The van der Waals surface area contributed by atoms with E-state index < -0.39 is 0 Å². The van der Waals surface area contributed by atoms with Gasteiger partial charge in [-0.05, 0) is 62.2 Å². The highest BCUT2D eigenvalue weighted by Crippen LogP contribution is 2.30. The Morgan fingerprint density at radius 2 is 1.93 bits per heavy atom. The second-order valence-corrected chi connectivity index (χ2v) is 7.76. The second kappa shape index (κ2) is 7.33. The minimum absolute atomic E-state index is 0.0520. The van der Waals surface area contributed by atoms with Gasteiger partial charge >= 0.3 is 0 Å². The fourth-order valence-electron chi connectivity index (χ4n) is 4.47. The van der Waals surface area contributed by atoms with Gasteiger partial charge in [0.05, 0.1) is 17.4 Å². The van der Waals surface area contributed by atoms with E-state index in [-0.39, 0.29) is 17.9 Å². The first-order valence-electron chi connectivity index (χ1n) is 10.1. The molecule has 7 nitrogen and oxygen atoms in total. The van der Waals surface area contributed by atoms with Crippen LogP contribution in [0.2, 0.25) is 0 Å². The predicted octanol–water partition coefficient (Wildman–Crippen LogP) is 2.78. The summed E-state index contributed by atoms with van der Waals surface area (Å²) in [6, 6.07) is 13.1. The van der Waals surface area contributed by atoms with Crippen molar-refractivity contribution in [1.82, 2.24) is 20.2 Å². The number of carbonyl (C=O) groups is 2. The SMILES string of the molecule is O=C(Nc1cccc(C(=O)N2C3CCNCC2CC3)c1)c1ccc2nc[nH]c2c1. The minimum Gasteiger partial charge on any atom is -0.345 e. The van der Waals surface area contributed by atoms with Gasteiger partial charge in [-0.15, -0.1) is 0 Å². The van der Waals surface area contributed by atoms with Crippen molar-refractivity contribution in [2.75, 3.05) is 18.4 Å². The van der Waals surface area contributed by atoms with Gasteiger partial charge in [0, 0.05) is 35.4 Å². The second-order valence-electron chi connectivity index (χ2n) is 7.76. The number of nitrogens with one attached hydrogen (secondary N) is 3. The number of aromatic amines is 1. The van der Waals surface area contributed by atoms with Crippen LogP contribution in [0.15, 0.2) is 48.8 Å². The average molecular weight is 389 g/mol. The number of H-pyrrole nitrogens is 1. The maximum atomic E-state index is 13.2. The maximum Gasteiger partial charge on any atom is 0.255 e. The van der Waals surface area contributed by atoms with Gasteiger partial charge in [0.25, 0.3) is 11.8 Å². The van der Waals surface area contributed by atoms with Crippen molar-refractivity contribution in [2.24, 2.45) is 0 Å². The van der Waals surface area contributed by atoms with Gasteiger partial charge < -0.3 is 20.5 Å². The van der Waals surface area contributed by atoms with Crippen molar-refractivity contribution in [2.45, 2.75) is 31.3 Å². The summed E-state index contributed by atoms with van der Waals surface area (Å²) < 4.78 is 0. The van der Waals surface area contributed by atoms with Crippen LogP contribution in [0.4, 0.5) is 5.69 Å². The van der Waals surface area contributed by atoms with E-state index in [0.29, 0.717) is 22.9 Å². The zero-order chi connectivity index (χ0) is 19.8. The molecule has 3 N–H and O–H groups in total. The highest BCUT2D eigenvalue weighted by molar-refractivity contribution is 6.06. The Morgan fingerprint density at radius 1 is 1.03 bits per heavy atom. The lowest BCUT2D eigenvalue weighted by molar-refractivity contribution is 0.0680. The number of hydrogen-bond acceptors (Lipinski definition) is 4. The molecule has 3 heterocycles. The molecule has 2 atom stereocenters. The maximum absolute atomic E-state index is 13.2. The van der Waals surface area contributed by atoms with Crippen molar-refractivity contribution in [3.8, 4) is 0 Å². The summed E-state index contributed by atoms with van der Waals surface area (Å²) in [4.78, 5) is 35.1. The normalized spacial score (nSPS) is 21.2. The third-order valence-electron chi connectivity index (χ3n) is 5.94. The van der Waals surface area contributed by atoms with Crippen LogP contribution in [-0.4, -0.2) is 51.9 Å². The third-order valence-corrected chi connectivity index (χ3v) is 5.94. The van der Waals surface area contributed by atoms with Gasteiger partial charge in [0.2, 0.25) is 0 Å². The lowest BCUT2D eigenvalue weighted by Crippen LogP contribution is -2.42. The molecule has 2 aliphatic rings. The van der Waals surface area contributed by atoms with Gasteiger partial charge in [-0.1, -0.05) is 6.07 Å². The van der Waals surface area contributed by atoms with Crippen LogP contribution in [-0.2, 0) is 0 Å². The molecule has 2 aromatic carbocycles. The number of imidazole rings is 1. The Hall–Kier alpha value is -3.19. The number of benzene rings is 2. The number of rotatable bonds is 3. The summed E-state index contributed by atoms with van der Waals surface area (Å²) in [5.74, 6) is -0.165. The molecule has 2 fully saturated rings. The van der Waals surface area contributed by atoms with Gasteiger partial charge in [-0.3, -0.25) is 9.59 Å². The molecule has 2 amide bonds. The molecule has 2 bridgehead atoms. The van der Waals surface area contributed by atoms with Crippen molar-refractivity contribution in [3.05, 3.63) is 59.9 Å². The molecule has 1 aromatic heterocycles. The molecule has 5 rings (SSSR count). The van der Waals surface area contributed by atoms with Crippen molar-refractivity contribution in [1.29, 1.82) is 0 Å². The van der Waals surface area contributed by atoms with E-state index in [4.69, 9.17) is 0 Å². The fraction of sp³-hybridized carbons (Fsp3) is 0.318. The Balaban J connectivity index is 1.35. The highest BCUT2D eigenvalue weighted by atomic mass is 16.2. The molecule has 3 aromatic rings. The van der Waals surface area contributed by atoms with Crippen LogP contribution in [0.1, 0.15) is 40.0 Å². The smallest absolute Gasteiger partial charge is 0.255 e. The number of carbonyl (C=O) groups excluding carboxylic acids is 2. The molecule has 2 saturated heterocycles. The van der Waals surface area contributed by atoms with Crippen LogP contribution in [0.5, 0.6) is 0 Å². The van der Waals surface area contributed by atoms with Gasteiger partial charge in [-0.25, -0.2) is 4.98 Å². The molecular formula is C22H23N5O2. The molecule has 2 aliphatic heterocycles. The number of hydrogen-bond donors (Lipinski definition) is 3. The summed E-state index contributed by atoms with van der Waals surface area (Å²) >= 11 is 0. The van der Waals surface area contributed by atoms with E-state index in [1.807, 2.05) is 29.2 Å². The summed E-state index contributed by atoms with van der Waals surface area (Å²) in [6.45, 7) is 1.82. The first-order chi connectivity index (χ1) is 14.2. The molecule has 148 valence electrons. The first kappa shape index (κ1) is 17.9. The van der Waals surface area contributed by atoms with E-state index in [2.05, 4.69) is 20.6 Å². The number of amides is 2. The van der Waals surface area contributed by atoms with Gasteiger partial charge in [-0.2, -0.15) is 0 Å².